The molecule has 86 valence electrons. The Bertz CT molecular complexity index is 353. The number of amides is 1. The molecule has 2 atom stereocenters. The number of morpholine rings is 1. The predicted octanol–water partition coefficient (Wildman–Crippen LogP) is 1.00. The highest BCUT2D eigenvalue weighted by Gasteiger charge is 2.28. The van der Waals surface area contributed by atoms with Gasteiger partial charge in [0.05, 0.1) is 12.7 Å². The molecule has 1 heterocycles. The third-order valence-electron chi connectivity index (χ3n) is 2.64. The van der Waals surface area contributed by atoms with Crippen molar-refractivity contribution in [1.82, 2.24) is 5.32 Å². The molecule has 0 unspecified atom stereocenters. The fraction of sp³-hybridized carbons (Fsp3) is 0.417. The molecular formula is C12H16N2O2. The van der Waals surface area contributed by atoms with Crippen LogP contribution in [-0.4, -0.2) is 31.2 Å². The molecule has 2 N–H and O–H groups in total. The van der Waals surface area contributed by atoms with Crippen molar-refractivity contribution in [2.75, 3.05) is 18.5 Å². The van der Waals surface area contributed by atoms with E-state index in [1.54, 1.807) is 0 Å². The number of anilines is 1. The second-order valence-electron chi connectivity index (χ2n) is 3.86. The summed E-state index contributed by atoms with van der Waals surface area (Å²) in [6.07, 6.45) is -0.0857. The van der Waals surface area contributed by atoms with Gasteiger partial charge in [0.15, 0.2) is 0 Å². The average Bonchev–Trinajstić information content (AvgIpc) is 2.31. The van der Waals surface area contributed by atoms with E-state index in [0.29, 0.717) is 6.61 Å². The third kappa shape index (κ3) is 2.59. The lowest BCUT2D eigenvalue weighted by molar-refractivity contribution is -0.123. The highest BCUT2D eigenvalue weighted by atomic mass is 16.5. The lowest BCUT2D eigenvalue weighted by Crippen LogP contribution is -2.53. The van der Waals surface area contributed by atoms with E-state index in [1.165, 1.54) is 0 Å². The number of ether oxygens (including phenoxy) is 1. The van der Waals surface area contributed by atoms with Crippen molar-refractivity contribution in [2.45, 2.75) is 19.1 Å². The number of hydrogen-bond donors (Lipinski definition) is 2. The first-order chi connectivity index (χ1) is 7.77. The molecule has 1 amide bonds. The van der Waals surface area contributed by atoms with Crippen LogP contribution in [0.25, 0.3) is 0 Å². The Kier molecular flexibility index (Phi) is 3.54. The first-order valence-electron chi connectivity index (χ1n) is 5.48. The normalized spacial score (nSPS) is 25.1. The van der Waals surface area contributed by atoms with E-state index in [2.05, 4.69) is 10.6 Å². The van der Waals surface area contributed by atoms with Crippen molar-refractivity contribution in [3.05, 3.63) is 30.3 Å². The molecule has 0 bridgehead atoms. The standard InChI is InChI=1S/C12H16N2O2/c1-9-11(13-7-8-16-9)12(15)14-10-5-3-2-4-6-10/h2-6,9,11,13H,7-8H2,1H3,(H,14,15)/t9-,11+/m1/s1. The number of carbonyl (C=O) groups is 1. The van der Waals surface area contributed by atoms with E-state index in [9.17, 15) is 4.79 Å². The van der Waals surface area contributed by atoms with Crippen molar-refractivity contribution < 1.29 is 9.53 Å². The summed E-state index contributed by atoms with van der Waals surface area (Å²) in [6, 6.07) is 9.17. The second kappa shape index (κ2) is 5.09. The molecule has 1 saturated heterocycles. The zero-order valence-electron chi connectivity index (χ0n) is 9.27. The summed E-state index contributed by atoms with van der Waals surface area (Å²) in [7, 11) is 0. The van der Waals surface area contributed by atoms with Gasteiger partial charge in [-0.2, -0.15) is 0 Å². The van der Waals surface area contributed by atoms with E-state index in [4.69, 9.17) is 4.74 Å². The molecule has 0 aromatic heterocycles. The fourth-order valence-electron chi connectivity index (χ4n) is 1.77. The van der Waals surface area contributed by atoms with Gasteiger partial charge in [-0.3, -0.25) is 4.79 Å². The van der Waals surface area contributed by atoms with Gasteiger partial charge in [0.25, 0.3) is 0 Å². The summed E-state index contributed by atoms with van der Waals surface area (Å²) in [5.74, 6) is -0.0431. The Morgan fingerprint density at radius 2 is 2.19 bits per heavy atom. The fourth-order valence-corrected chi connectivity index (χ4v) is 1.77. The molecule has 1 aliphatic rings. The lowest BCUT2D eigenvalue weighted by atomic mass is 10.1. The molecule has 0 radical (unpaired) electrons. The molecule has 1 aromatic rings. The Labute approximate surface area is 95.0 Å². The van der Waals surface area contributed by atoms with Crippen LogP contribution in [-0.2, 0) is 9.53 Å². The highest BCUT2D eigenvalue weighted by Crippen LogP contribution is 2.09. The van der Waals surface area contributed by atoms with Crippen molar-refractivity contribution in [3.63, 3.8) is 0 Å². The van der Waals surface area contributed by atoms with Gasteiger partial charge in [-0.1, -0.05) is 18.2 Å². The molecule has 0 aliphatic carbocycles. The molecule has 2 rings (SSSR count). The molecule has 0 saturated carbocycles. The zero-order chi connectivity index (χ0) is 11.4. The number of nitrogens with one attached hydrogen (secondary N) is 2. The van der Waals surface area contributed by atoms with Crippen LogP contribution in [0.3, 0.4) is 0 Å². The summed E-state index contributed by atoms with van der Waals surface area (Å²) in [5.41, 5.74) is 0.812. The van der Waals surface area contributed by atoms with Crippen molar-refractivity contribution >= 4 is 11.6 Å². The van der Waals surface area contributed by atoms with E-state index >= 15 is 0 Å². The van der Waals surface area contributed by atoms with E-state index in [0.717, 1.165) is 12.2 Å². The summed E-state index contributed by atoms with van der Waals surface area (Å²) in [6.45, 7) is 3.29. The van der Waals surface area contributed by atoms with E-state index in [1.807, 2.05) is 37.3 Å². The molecule has 4 heteroatoms. The number of carbonyl (C=O) groups excluding carboxylic acids is 1. The van der Waals surface area contributed by atoms with E-state index < -0.39 is 0 Å². The van der Waals surface area contributed by atoms with Gasteiger partial charge in [-0.25, -0.2) is 0 Å². The maximum Gasteiger partial charge on any atom is 0.244 e. The first kappa shape index (κ1) is 11.1. The predicted molar refractivity (Wildman–Crippen MR) is 62.3 cm³/mol. The zero-order valence-corrected chi connectivity index (χ0v) is 9.27. The first-order valence-corrected chi connectivity index (χ1v) is 5.48. The Morgan fingerprint density at radius 1 is 1.44 bits per heavy atom. The minimum Gasteiger partial charge on any atom is -0.375 e. The number of para-hydroxylation sites is 1. The van der Waals surface area contributed by atoms with Gasteiger partial charge in [-0.15, -0.1) is 0 Å². The van der Waals surface area contributed by atoms with Crippen LogP contribution in [0.5, 0.6) is 0 Å². The van der Waals surface area contributed by atoms with Crippen LogP contribution in [0.1, 0.15) is 6.92 Å². The monoisotopic (exact) mass is 220 g/mol. The van der Waals surface area contributed by atoms with Crippen molar-refractivity contribution in [1.29, 1.82) is 0 Å². The summed E-state index contributed by atoms with van der Waals surface area (Å²) in [4.78, 5) is 11.9. The van der Waals surface area contributed by atoms with Gasteiger partial charge < -0.3 is 15.4 Å². The Hall–Kier alpha value is -1.39. The molecular weight excluding hydrogens is 204 g/mol. The maximum atomic E-state index is 11.9. The summed E-state index contributed by atoms with van der Waals surface area (Å²) >= 11 is 0. The van der Waals surface area contributed by atoms with Crippen LogP contribution in [0.15, 0.2) is 30.3 Å². The largest absolute Gasteiger partial charge is 0.375 e. The van der Waals surface area contributed by atoms with Crippen molar-refractivity contribution in [2.24, 2.45) is 0 Å². The second-order valence-corrected chi connectivity index (χ2v) is 3.86. The highest BCUT2D eigenvalue weighted by molar-refractivity contribution is 5.95. The Morgan fingerprint density at radius 3 is 2.88 bits per heavy atom. The quantitative estimate of drug-likeness (QED) is 0.782. The molecule has 4 nitrogen and oxygen atoms in total. The van der Waals surface area contributed by atoms with Gasteiger partial charge in [0.1, 0.15) is 6.04 Å². The topological polar surface area (TPSA) is 50.4 Å². The van der Waals surface area contributed by atoms with E-state index in [-0.39, 0.29) is 18.1 Å². The number of rotatable bonds is 2. The smallest absolute Gasteiger partial charge is 0.244 e. The van der Waals surface area contributed by atoms with Crippen LogP contribution < -0.4 is 10.6 Å². The number of hydrogen-bond acceptors (Lipinski definition) is 3. The van der Waals surface area contributed by atoms with Gasteiger partial charge in [-0.05, 0) is 19.1 Å². The SMILES string of the molecule is C[C@H]1OCCN[C@@H]1C(=O)Nc1ccccc1. The van der Waals surface area contributed by atoms with Crippen LogP contribution in [0.2, 0.25) is 0 Å². The molecule has 0 spiro atoms. The molecule has 1 aromatic carbocycles. The minimum absolute atomic E-state index is 0.0431. The van der Waals surface area contributed by atoms with Gasteiger partial charge in [0, 0.05) is 12.2 Å². The lowest BCUT2D eigenvalue weighted by Gasteiger charge is -2.29. The van der Waals surface area contributed by atoms with Gasteiger partial charge >= 0.3 is 0 Å². The third-order valence-corrected chi connectivity index (χ3v) is 2.64. The Balaban J connectivity index is 1.97. The van der Waals surface area contributed by atoms with Crippen molar-refractivity contribution in [3.8, 4) is 0 Å². The molecule has 16 heavy (non-hydrogen) atoms. The van der Waals surface area contributed by atoms with Crippen LogP contribution in [0.4, 0.5) is 5.69 Å². The van der Waals surface area contributed by atoms with Crippen LogP contribution in [0, 0.1) is 0 Å². The van der Waals surface area contributed by atoms with Gasteiger partial charge in [0.2, 0.25) is 5.91 Å². The molecule has 1 fully saturated rings. The maximum absolute atomic E-state index is 11.9. The summed E-state index contributed by atoms with van der Waals surface area (Å²) < 4.78 is 5.43. The average molecular weight is 220 g/mol. The molecule has 1 aliphatic heterocycles. The van der Waals surface area contributed by atoms with Crippen LogP contribution >= 0.6 is 0 Å². The number of benzene rings is 1. The minimum atomic E-state index is -0.269. The summed E-state index contributed by atoms with van der Waals surface area (Å²) in [5, 5.41) is 6.01.